The van der Waals surface area contributed by atoms with Crippen LogP contribution in [0, 0.1) is 0 Å². The van der Waals surface area contributed by atoms with Gasteiger partial charge in [0.2, 0.25) is 0 Å². The Balaban J connectivity index is 2.21. The van der Waals surface area contributed by atoms with Crippen LogP contribution in [0.25, 0.3) is 0 Å². The van der Waals surface area contributed by atoms with Crippen LogP contribution in [-0.4, -0.2) is 23.3 Å². The predicted octanol–water partition coefficient (Wildman–Crippen LogP) is 3.77. The van der Waals surface area contributed by atoms with Gasteiger partial charge in [-0.25, -0.2) is 0 Å². The molecule has 2 amide bonds. The SMILES string of the molecule is CCCNC(=O)c1ccnc(C(=O)Nc2ccccc2C(C)(C)C)c1. The molecule has 5 nitrogen and oxygen atoms in total. The number of hydrogen-bond acceptors (Lipinski definition) is 3. The number of nitrogens with zero attached hydrogens (tertiary/aromatic N) is 1. The van der Waals surface area contributed by atoms with E-state index >= 15 is 0 Å². The standard InChI is InChI=1S/C20H25N3O2/c1-5-11-22-18(24)14-10-12-21-17(13-14)19(25)23-16-9-7-6-8-15(16)20(2,3)4/h6-10,12-13H,5,11H2,1-4H3,(H,22,24)(H,23,25). The maximum atomic E-state index is 12.6. The molecule has 0 aliphatic carbocycles. The third kappa shape index (κ3) is 4.89. The summed E-state index contributed by atoms with van der Waals surface area (Å²) in [6, 6.07) is 10.8. The van der Waals surface area contributed by atoms with Crippen molar-refractivity contribution in [3.05, 3.63) is 59.4 Å². The van der Waals surface area contributed by atoms with Crippen LogP contribution in [0.2, 0.25) is 0 Å². The first-order chi connectivity index (χ1) is 11.8. The molecule has 2 aromatic rings. The predicted molar refractivity (Wildman–Crippen MR) is 100.0 cm³/mol. The average molecular weight is 339 g/mol. The highest BCUT2D eigenvalue weighted by Crippen LogP contribution is 2.29. The van der Waals surface area contributed by atoms with Crippen LogP contribution in [-0.2, 0) is 5.41 Å². The topological polar surface area (TPSA) is 71.1 Å². The largest absolute Gasteiger partial charge is 0.352 e. The Kier molecular flexibility index (Phi) is 5.91. The van der Waals surface area contributed by atoms with E-state index in [-0.39, 0.29) is 22.9 Å². The van der Waals surface area contributed by atoms with Gasteiger partial charge < -0.3 is 10.6 Å². The Morgan fingerprint density at radius 1 is 1.08 bits per heavy atom. The van der Waals surface area contributed by atoms with Gasteiger partial charge >= 0.3 is 0 Å². The molecule has 1 heterocycles. The molecular formula is C20H25N3O2. The van der Waals surface area contributed by atoms with Crippen molar-refractivity contribution in [1.82, 2.24) is 10.3 Å². The molecule has 132 valence electrons. The van der Waals surface area contributed by atoms with Crippen LogP contribution in [0.15, 0.2) is 42.6 Å². The molecule has 0 spiro atoms. The summed E-state index contributed by atoms with van der Waals surface area (Å²) < 4.78 is 0. The summed E-state index contributed by atoms with van der Waals surface area (Å²) in [5.41, 5.74) is 2.34. The summed E-state index contributed by atoms with van der Waals surface area (Å²) in [5.74, 6) is -0.532. The maximum absolute atomic E-state index is 12.6. The minimum Gasteiger partial charge on any atom is -0.352 e. The number of rotatable bonds is 5. The van der Waals surface area contributed by atoms with Gasteiger partial charge in [0, 0.05) is 24.0 Å². The van der Waals surface area contributed by atoms with Crippen LogP contribution in [0.1, 0.15) is 60.5 Å². The molecule has 2 rings (SSSR count). The summed E-state index contributed by atoms with van der Waals surface area (Å²) in [4.78, 5) is 28.7. The Morgan fingerprint density at radius 3 is 2.48 bits per heavy atom. The van der Waals surface area contributed by atoms with Gasteiger partial charge in [0.25, 0.3) is 11.8 Å². The van der Waals surface area contributed by atoms with Gasteiger partial charge in [0.1, 0.15) is 5.69 Å². The zero-order chi connectivity index (χ0) is 18.4. The van der Waals surface area contributed by atoms with Crippen LogP contribution < -0.4 is 10.6 Å². The molecular weight excluding hydrogens is 314 g/mol. The highest BCUT2D eigenvalue weighted by molar-refractivity contribution is 6.05. The third-order valence-corrected chi connectivity index (χ3v) is 3.77. The second kappa shape index (κ2) is 7.92. The molecule has 25 heavy (non-hydrogen) atoms. The maximum Gasteiger partial charge on any atom is 0.274 e. The molecule has 1 aromatic heterocycles. The normalized spacial score (nSPS) is 11.0. The molecule has 0 aliphatic heterocycles. The molecule has 0 bridgehead atoms. The van der Waals surface area contributed by atoms with Gasteiger partial charge in [-0.3, -0.25) is 14.6 Å². The lowest BCUT2D eigenvalue weighted by Gasteiger charge is -2.22. The number of amides is 2. The first kappa shape index (κ1) is 18.6. The van der Waals surface area contributed by atoms with Crippen molar-refractivity contribution >= 4 is 17.5 Å². The molecule has 2 N–H and O–H groups in total. The number of hydrogen-bond donors (Lipinski definition) is 2. The van der Waals surface area contributed by atoms with Gasteiger partial charge in [-0.15, -0.1) is 0 Å². The Bertz CT molecular complexity index is 764. The fourth-order valence-corrected chi connectivity index (χ4v) is 2.47. The van der Waals surface area contributed by atoms with Gasteiger partial charge in [0.05, 0.1) is 0 Å². The number of anilines is 1. The van der Waals surface area contributed by atoms with E-state index in [0.29, 0.717) is 12.1 Å². The first-order valence-corrected chi connectivity index (χ1v) is 8.48. The summed E-state index contributed by atoms with van der Waals surface area (Å²) in [6.07, 6.45) is 2.33. The molecule has 0 fully saturated rings. The van der Waals surface area contributed by atoms with Gasteiger partial charge in [0.15, 0.2) is 0 Å². The van der Waals surface area contributed by atoms with Crippen molar-refractivity contribution < 1.29 is 9.59 Å². The van der Waals surface area contributed by atoms with Crippen LogP contribution in [0.5, 0.6) is 0 Å². The number of carbonyl (C=O) groups is 2. The molecule has 0 saturated carbocycles. The smallest absolute Gasteiger partial charge is 0.274 e. The van der Waals surface area contributed by atoms with Crippen molar-refractivity contribution in [2.45, 2.75) is 39.5 Å². The number of carbonyl (C=O) groups excluding carboxylic acids is 2. The van der Waals surface area contributed by atoms with E-state index < -0.39 is 0 Å². The monoisotopic (exact) mass is 339 g/mol. The van der Waals surface area contributed by atoms with Crippen LogP contribution in [0.4, 0.5) is 5.69 Å². The van der Waals surface area contributed by atoms with Crippen molar-refractivity contribution in [2.75, 3.05) is 11.9 Å². The van der Waals surface area contributed by atoms with Crippen molar-refractivity contribution in [1.29, 1.82) is 0 Å². The number of nitrogens with one attached hydrogen (secondary N) is 2. The van der Waals surface area contributed by atoms with E-state index in [4.69, 9.17) is 0 Å². The van der Waals surface area contributed by atoms with Crippen molar-refractivity contribution in [3.63, 3.8) is 0 Å². The van der Waals surface area contributed by atoms with E-state index in [0.717, 1.165) is 17.7 Å². The molecule has 5 heteroatoms. The number of para-hydroxylation sites is 1. The fourth-order valence-electron chi connectivity index (χ4n) is 2.47. The number of pyridine rings is 1. The first-order valence-electron chi connectivity index (χ1n) is 8.48. The average Bonchev–Trinajstić information content (AvgIpc) is 2.59. The summed E-state index contributed by atoms with van der Waals surface area (Å²) in [5, 5.41) is 5.70. The molecule has 0 atom stereocenters. The van der Waals surface area contributed by atoms with Gasteiger partial charge in [-0.05, 0) is 35.6 Å². The van der Waals surface area contributed by atoms with Crippen molar-refractivity contribution in [3.8, 4) is 0 Å². The minimum absolute atomic E-state index is 0.0980. The zero-order valence-electron chi connectivity index (χ0n) is 15.2. The second-order valence-corrected chi connectivity index (χ2v) is 6.94. The number of aromatic nitrogens is 1. The van der Waals surface area contributed by atoms with E-state index in [2.05, 4.69) is 36.4 Å². The molecule has 0 aliphatic rings. The molecule has 1 aromatic carbocycles. The summed E-state index contributed by atoms with van der Waals surface area (Å²) >= 11 is 0. The Morgan fingerprint density at radius 2 is 1.80 bits per heavy atom. The third-order valence-electron chi connectivity index (χ3n) is 3.77. The molecule has 0 radical (unpaired) electrons. The van der Waals surface area contributed by atoms with Gasteiger partial charge in [-0.2, -0.15) is 0 Å². The number of benzene rings is 1. The van der Waals surface area contributed by atoms with Crippen molar-refractivity contribution in [2.24, 2.45) is 0 Å². The van der Waals surface area contributed by atoms with E-state index in [1.54, 1.807) is 6.07 Å². The van der Waals surface area contributed by atoms with E-state index in [9.17, 15) is 9.59 Å². The summed E-state index contributed by atoms with van der Waals surface area (Å²) in [6.45, 7) is 8.86. The lowest BCUT2D eigenvalue weighted by atomic mass is 9.86. The Hall–Kier alpha value is -2.69. The van der Waals surface area contributed by atoms with Crippen LogP contribution in [0.3, 0.4) is 0 Å². The second-order valence-electron chi connectivity index (χ2n) is 6.94. The molecule has 0 unspecified atom stereocenters. The quantitative estimate of drug-likeness (QED) is 0.871. The fraction of sp³-hybridized carbons (Fsp3) is 0.350. The highest BCUT2D eigenvalue weighted by Gasteiger charge is 2.19. The molecule has 0 saturated heterocycles. The Labute approximate surface area is 148 Å². The van der Waals surface area contributed by atoms with E-state index in [1.807, 2.05) is 31.2 Å². The van der Waals surface area contributed by atoms with Crippen LogP contribution >= 0.6 is 0 Å². The minimum atomic E-state index is -0.332. The lowest BCUT2D eigenvalue weighted by molar-refractivity contribution is 0.0953. The summed E-state index contributed by atoms with van der Waals surface area (Å²) in [7, 11) is 0. The van der Waals surface area contributed by atoms with E-state index in [1.165, 1.54) is 12.3 Å². The zero-order valence-corrected chi connectivity index (χ0v) is 15.2. The lowest BCUT2D eigenvalue weighted by Crippen LogP contribution is -2.25. The highest BCUT2D eigenvalue weighted by atomic mass is 16.2. The van der Waals surface area contributed by atoms with Gasteiger partial charge in [-0.1, -0.05) is 45.9 Å².